The Hall–Kier alpha value is -4.33. The first-order valence-electron chi connectivity index (χ1n) is 15.7. The summed E-state index contributed by atoms with van der Waals surface area (Å²) in [5.74, 6) is -0.484. The lowest BCUT2D eigenvalue weighted by molar-refractivity contribution is -0.146. The molecule has 10 nitrogen and oxygen atoms in total. The normalized spacial score (nSPS) is 19.5. The van der Waals surface area contributed by atoms with Gasteiger partial charge in [0.1, 0.15) is 5.75 Å². The quantitative estimate of drug-likeness (QED) is 0.272. The Morgan fingerprint density at radius 2 is 1.60 bits per heavy atom. The van der Waals surface area contributed by atoms with Gasteiger partial charge in [-0.3, -0.25) is 19.5 Å². The summed E-state index contributed by atoms with van der Waals surface area (Å²) >= 11 is 0. The van der Waals surface area contributed by atoms with Gasteiger partial charge in [-0.05, 0) is 39.8 Å². The van der Waals surface area contributed by atoms with E-state index in [1.165, 1.54) is 17.2 Å². The molecule has 248 valence electrons. The number of ether oxygens (including phenoxy) is 1. The second-order valence-corrected chi connectivity index (χ2v) is 12.4. The second-order valence-electron chi connectivity index (χ2n) is 12.4. The van der Waals surface area contributed by atoms with Crippen LogP contribution in [-0.2, 0) is 17.5 Å². The summed E-state index contributed by atoms with van der Waals surface area (Å²) in [7, 11) is 5.10. The fourth-order valence-corrected chi connectivity index (χ4v) is 6.93. The van der Waals surface area contributed by atoms with E-state index in [4.69, 9.17) is 4.74 Å². The summed E-state index contributed by atoms with van der Waals surface area (Å²) in [4.78, 5) is 21.5. The molecule has 3 aromatic carbocycles. The van der Waals surface area contributed by atoms with Crippen molar-refractivity contribution in [2.24, 2.45) is 0 Å². The molecular formula is C34H39F3N8O2. The van der Waals surface area contributed by atoms with E-state index in [0.29, 0.717) is 36.6 Å². The van der Waals surface area contributed by atoms with E-state index in [0.717, 1.165) is 25.2 Å². The number of rotatable bonds is 9. The smallest absolute Gasteiger partial charge is 0.453 e. The Balaban J connectivity index is 1.36. The van der Waals surface area contributed by atoms with E-state index in [1.807, 2.05) is 12.1 Å². The van der Waals surface area contributed by atoms with Crippen molar-refractivity contribution in [2.45, 2.75) is 30.7 Å². The maximum absolute atomic E-state index is 13.7. The number of benzene rings is 3. The fraction of sp³-hybridized carbons (Fsp3) is 0.412. The number of halogens is 3. The number of nitrogens with zero attached hydrogens (tertiary/aromatic N) is 8. The number of hydrogen-bond donors (Lipinski definition) is 0. The number of aromatic nitrogens is 4. The SMILES string of the molecule is COc1ccc(-n2nnnc2C(F)(F)F)cc1CN1C[C@@H]2CN(CC(=O)N(C)C)CCN2[C@H](C(c2ccccc2)c2ccccc2)C1. The van der Waals surface area contributed by atoms with Gasteiger partial charge in [-0.1, -0.05) is 60.7 Å². The molecule has 0 N–H and O–H groups in total. The average molecular weight is 649 g/mol. The maximum Gasteiger partial charge on any atom is 0.453 e. The van der Waals surface area contributed by atoms with Gasteiger partial charge in [-0.25, -0.2) is 0 Å². The largest absolute Gasteiger partial charge is 0.496 e. The third-order valence-electron chi connectivity index (χ3n) is 9.14. The standard InChI is InChI=1S/C34H39F3N8O2/c1-41(2)31(46)23-42-16-17-44-28(20-42)21-43(22-29(44)32(24-10-6-4-7-11-24)25-12-8-5-9-13-25)19-26-18-27(14-15-30(26)47-3)45-33(34(35,36)37)38-39-40-45/h4-15,18,28-29,32H,16-17,19-23H2,1-3H3/t28-,29-/m0/s1. The Morgan fingerprint density at radius 1 is 0.936 bits per heavy atom. The summed E-state index contributed by atoms with van der Waals surface area (Å²) < 4.78 is 47.4. The van der Waals surface area contributed by atoms with Crippen LogP contribution in [-0.4, -0.2) is 118 Å². The van der Waals surface area contributed by atoms with Gasteiger partial charge >= 0.3 is 6.18 Å². The average Bonchev–Trinajstić information content (AvgIpc) is 3.57. The zero-order chi connectivity index (χ0) is 33.1. The summed E-state index contributed by atoms with van der Waals surface area (Å²) in [5.41, 5.74) is 3.36. The van der Waals surface area contributed by atoms with Gasteiger partial charge in [0.2, 0.25) is 5.91 Å². The number of fused-ring (bicyclic) bond motifs is 1. The van der Waals surface area contributed by atoms with Crippen molar-refractivity contribution >= 4 is 5.91 Å². The van der Waals surface area contributed by atoms with E-state index in [2.05, 4.69) is 78.8 Å². The zero-order valence-corrected chi connectivity index (χ0v) is 26.7. The minimum Gasteiger partial charge on any atom is -0.496 e. The Kier molecular flexibility index (Phi) is 9.57. The molecule has 0 aliphatic carbocycles. The number of alkyl halides is 3. The summed E-state index contributed by atoms with van der Waals surface area (Å²) in [6, 6.07) is 26.1. The molecule has 2 atom stereocenters. The lowest BCUT2D eigenvalue weighted by atomic mass is 9.81. The van der Waals surface area contributed by atoms with Crippen LogP contribution in [0.25, 0.3) is 5.69 Å². The molecule has 4 aromatic rings. The first-order valence-corrected chi connectivity index (χ1v) is 15.7. The van der Waals surface area contributed by atoms with Crippen molar-refractivity contribution in [3.63, 3.8) is 0 Å². The number of carbonyl (C=O) groups is 1. The van der Waals surface area contributed by atoms with Gasteiger partial charge in [0.25, 0.3) is 5.82 Å². The molecule has 2 saturated heterocycles. The van der Waals surface area contributed by atoms with Crippen molar-refractivity contribution in [1.29, 1.82) is 0 Å². The molecule has 0 unspecified atom stereocenters. The maximum atomic E-state index is 13.7. The number of tetrazole rings is 1. The van der Waals surface area contributed by atoms with Gasteiger partial charge < -0.3 is 9.64 Å². The highest BCUT2D eigenvalue weighted by Gasteiger charge is 2.43. The molecule has 13 heteroatoms. The second kappa shape index (κ2) is 13.8. The predicted octanol–water partition coefficient (Wildman–Crippen LogP) is 3.78. The van der Waals surface area contributed by atoms with Crippen LogP contribution in [0.1, 0.15) is 28.4 Å². The first-order chi connectivity index (χ1) is 22.6. The van der Waals surface area contributed by atoms with Gasteiger partial charge in [0.05, 0.1) is 19.3 Å². The molecule has 2 fully saturated rings. The van der Waals surface area contributed by atoms with Crippen LogP contribution in [0.4, 0.5) is 13.2 Å². The molecule has 0 radical (unpaired) electrons. The van der Waals surface area contributed by atoms with E-state index in [-0.39, 0.29) is 29.6 Å². The number of amides is 1. The van der Waals surface area contributed by atoms with Gasteiger partial charge in [0, 0.05) is 76.9 Å². The van der Waals surface area contributed by atoms with E-state index in [9.17, 15) is 18.0 Å². The topological polar surface area (TPSA) is 82.9 Å². The number of piperazine rings is 2. The minimum absolute atomic E-state index is 0.0662. The number of methoxy groups -OCH3 is 1. The fourth-order valence-electron chi connectivity index (χ4n) is 6.93. The van der Waals surface area contributed by atoms with Crippen LogP contribution in [0.5, 0.6) is 5.75 Å². The molecule has 0 spiro atoms. The molecule has 6 rings (SSSR count). The van der Waals surface area contributed by atoms with Crippen molar-refractivity contribution in [2.75, 3.05) is 60.5 Å². The lowest BCUT2D eigenvalue weighted by Gasteiger charge is -2.53. The van der Waals surface area contributed by atoms with E-state index < -0.39 is 12.0 Å². The van der Waals surface area contributed by atoms with E-state index >= 15 is 0 Å². The predicted molar refractivity (Wildman–Crippen MR) is 170 cm³/mol. The molecular weight excluding hydrogens is 609 g/mol. The Bertz CT molecular complexity index is 1610. The molecule has 1 amide bonds. The molecule has 2 aliphatic heterocycles. The summed E-state index contributed by atoms with van der Waals surface area (Å²) in [6.45, 7) is 4.55. The number of carbonyl (C=O) groups excluding carboxylic acids is 1. The molecule has 1 aromatic heterocycles. The third-order valence-corrected chi connectivity index (χ3v) is 9.14. The van der Waals surface area contributed by atoms with Crippen LogP contribution in [0.15, 0.2) is 78.9 Å². The highest BCUT2D eigenvalue weighted by atomic mass is 19.4. The van der Waals surface area contributed by atoms with Crippen LogP contribution < -0.4 is 4.74 Å². The van der Waals surface area contributed by atoms with Crippen LogP contribution >= 0.6 is 0 Å². The zero-order valence-electron chi connectivity index (χ0n) is 26.7. The van der Waals surface area contributed by atoms with Crippen LogP contribution in [0.2, 0.25) is 0 Å². The van der Waals surface area contributed by atoms with Crippen LogP contribution in [0, 0.1) is 0 Å². The van der Waals surface area contributed by atoms with Crippen molar-refractivity contribution in [3.05, 3.63) is 101 Å². The summed E-state index contributed by atoms with van der Waals surface area (Å²) in [6.07, 6.45) is -4.71. The van der Waals surface area contributed by atoms with Crippen molar-refractivity contribution < 1.29 is 22.7 Å². The first kappa shape index (κ1) is 32.6. The third kappa shape index (κ3) is 7.16. The van der Waals surface area contributed by atoms with Crippen LogP contribution in [0.3, 0.4) is 0 Å². The Labute approximate surface area is 272 Å². The van der Waals surface area contributed by atoms with Gasteiger partial charge in [-0.2, -0.15) is 17.9 Å². The van der Waals surface area contributed by atoms with E-state index in [1.54, 1.807) is 38.2 Å². The Morgan fingerprint density at radius 3 is 2.21 bits per heavy atom. The van der Waals surface area contributed by atoms with Crippen molar-refractivity contribution in [1.82, 2.24) is 39.8 Å². The molecule has 2 aliphatic rings. The monoisotopic (exact) mass is 648 g/mol. The molecule has 47 heavy (non-hydrogen) atoms. The van der Waals surface area contributed by atoms with Gasteiger partial charge in [0.15, 0.2) is 0 Å². The highest BCUT2D eigenvalue weighted by Crippen LogP contribution is 2.37. The number of likely N-dealkylation sites (N-methyl/N-ethyl adjacent to an activating group) is 1. The summed E-state index contributed by atoms with van der Waals surface area (Å²) in [5, 5.41) is 10.1. The lowest BCUT2D eigenvalue weighted by Crippen LogP contribution is -2.67. The van der Waals surface area contributed by atoms with Crippen molar-refractivity contribution in [3.8, 4) is 11.4 Å². The molecule has 0 bridgehead atoms. The minimum atomic E-state index is -4.71. The molecule has 0 saturated carbocycles. The van der Waals surface area contributed by atoms with Gasteiger partial charge in [-0.15, -0.1) is 5.10 Å². The molecule has 3 heterocycles. The highest BCUT2D eigenvalue weighted by molar-refractivity contribution is 5.77. The number of hydrogen-bond acceptors (Lipinski definition) is 8.